The minimum Gasteiger partial charge on any atom is -0.342 e. The van der Waals surface area contributed by atoms with Crippen LogP contribution in [0.1, 0.15) is 17.3 Å². The minimum absolute atomic E-state index is 0.0121. The fourth-order valence-corrected chi connectivity index (χ4v) is 1.42. The van der Waals surface area contributed by atoms with E-state index in [-0.39, 0.29) is 5.91 Å². The summed E-state index contributed by atoms with van der Waals surface area (Å²) >= 11 is 9.16. The summed E-state index contributed by atoms with van der Waals surface area (Å²) in [6.45, 7) is 2.62. The smallest absolute Gasteiger partial charge is 0.253 e. The maximum Gasteiger partial charge on any atom is 0.253 e. The predicted molar refractivity (Wildman–Crippen MR) is 61.8 cm³/mol. The van der Waals surface area contributed by atoms with Crippen LogP contribution in [0.25, 0.3) is 0 Å². The van der Waals surface area contributed by atoms with Crippen molar-refractivity contribution in [2.24, 2.45) is 0 Å². The lowest BCUT2D eigenvalue weighted by molar-refractivity contribution is 0.0802. The van der Waals surface area contributed by atoms with Gasteiger partial charge in [-0.25, -0.2) is 0 Å². The molecule has 0 aliphatic rings. The Morgan fingerprint density at radius 3 is 2.71 bits per heavy atom. The largest absolute Gasteiger partial charge is 0.342 e. The van der Waals surface area contributed by atoms with Gasteiger partial charge in [-0.2, -0.15) is 0 Å². The summed E-state index contributed by atoms with van der Waals surface area (Å²) in [4.78, 5) is 13.3. The highest BCUT2D eigenvalue weighted by atomic mass is 79.9. The maximum atomic E-state index is 11.7. The standard InChI is InChI=1S/C10H11BrClNO/c1-3-13(2)10(14)7-4-5-8(11)9(12)6-7/h4-6H,3H2,1-2H3. The summed E-state index contributed by atoms with van der Waals surface area (Å²) in [6, 6.07) is 5.20. The van der Waals surface area contributed by atoms with Crippen molar-refractivity contribution < 1.29 is 4.79 Å². The van der Waals surface area contributed by atoms with Crippen LogP contribution in [0.3, 0.4) is 0 Å². The second-order valence-corrected chi connectivity index (χ2v) is 4.21. The van der Waals surface area contributed by atoms with Gasteiger partial charge in [-0.05, 0) is 41.1 Å². The van der Waals surface area contributed by atoms with Gasteiger partial charge < -0.3 is 4.90 Å². The highest BCUT2D eigenvalue weighted by Gasteiger charge is 2.10. The van der Waals surface area contributed by atoms with Gasteiger partial charge in [0, 0.05) is 23.6 Å². The van der Waals surface area contributed by atoms with Crippen molar-refractivity contribution >= 4 is 33.4 Å². The number of rotatable bonds is 2. The summed E-state index contributed by atoms with van der Waals surface area (Å²) in [5.74, 6) is -0.0121. The summed E-state index contributed by atoms with van der Waals surface area (Å²) in [6.07, 6.45) is 0. The topological polar surface area (TPSA) is 20.3 Å². The summed E-state index contributed by atoms with van der Waals surface area (Å²) in [5, 5.41) is 0.556. The third-order valence-corrected chi connectivity index (χ3v) is 3.22. The summed E-state index contributed by atoms with van der Waals surface area (Å²) in [5.41, 5.74) is 0.613. The number of amides is 1. The molecule has 0 atom stereocenters. The molecule has 4 heteroatoms. The molecule has 0 aliphatic heterocycles. The van der Waals surface area contributed by atoms with Crippen LogP contribution in [0.15, 0.2) is 22.7 Å². The van der Waals surface area contributed by atoms with E-state index >= 15 is 0 Å². The van der Waals surface area contributed by atoms with Crippen LogP contribution in [0.4, 0.5) is 0 Å². The van der Waals surface area contributed by atoms with E-state index in [1.54, 1.807) is 30.1 Å². The zero-order valence-corrected chi connectivity index (χ0v) is 10.4. The third kappa shape index (κ3) is 2.49. The van der Waals surface area contributed by atoms with E-state index in [2.05, 4.69) is 15.9 Å². The van der Waals surface area contributed by atoms with E-state index in [0.29, 0.717) is 17.1 Å². The van der Waals surface area contributed by atoms with Crippen LogP contribution in [-0.4, -0.2) is 24.4 Å². The first-order chi connectivity index (χ1) is 6.56. The Labute approximate surface area is 97.0 Å². The molecule has 0 spiro atoms. The van der Waals surface area contributed by atoms with Crippen molar-refractivity contribution in [3.63, 3.8) is 0 Å². The van der Waals surface area contributed by atoms with Crippen molar-refractivity contribution in [3.8, 4) is 0 Å². The molecule has 1 rings (SSSR count). The van der Waals surface area contributed by atoms with E-state index < -0.39 is 0 Å². The average molecular weight is 277 g/mol. The lowest BCUT2D eigenvalue weighted by atomic mass is 10.2. The maximum absolute atomic E-state index is 11.7. The van der Waals surface area contributed by atoms with Gasteiger partial charge in [0.05, 0.1) is 5.02 Å². The first-order valence-corrected chi connectivity index (χ1v) is 5.44. The molecule has 0 saturated carbocycles. The lowest BCUT2D eigenvalue weighted by Gasteiger charge is -2.14. The number of hydrogen-bond acceptors (Lipinski definition) is 1. The van der Waals surface area contributed by atoms with Crippen molar-refractivity contribution in [1.29, 1.82) is 0 Å². The molecule has 1 aromatic carbocycles. The van der Waals surface area contributed by atoms with Crippen molar-refractivity contribution in [3.05, 3.63) is 33.3 Å². The summed E-state index contributed by atoms with van der Waals surface area (Å²) < 4.78 is 0.801. The fraction of sp³-hybridized carbons (Fsp3) is 0.300. The monoisotopic (exact) mass is 275 g/mol. The molecular weight excluding hydrogens is 265 g/mol. The number of carbonyl (C=O) groups excluding carboxylic acids is 1. The van der Waals surface area contributed by atoms with Gasteiger partial charge in [0.15, 0.2) is 0 Å². The first-order valence-electron chi connectivity index (χ1n) is 4.26. The van der Waals surface area contributed by atoms with Gasteiger partial charge in [0.2, 0.25) is 0 Å². The number of nitrogens with zero attached hydrogens (tertiary/aromatic N) is 1. The molecule has 0 aliphatic carbocycles. The zero-order valence-electron chi connectivity index (χ0n) is 8.05. The summed E-state index contributed by atoms with van der Waals surface area (Å²) in [7, 11) is 1.76. The Bertz CT molecular complexity index is 354. The molecule has 2 nitrogen and oxygen atoms in total. The number of hydrogen-bond donors (Lipinski definition) is 0. The van der Waals surface area contributed by atoms with Crippen LogP contribution in [0, 0.1) is 0 Å². The molecule has 1 amide bonds. The van der Waals surface area contributed by atoms with Crippen molar-refractivity contribution in [1.82, 2.24) is 4.90 Å². The molecule has 0 saturated heterocycles. The normalized spacial score (nSPS) is 10.0. The molecule has 0 aromatic heterocycles. The molecule has 14 heavy (non-hydrogen) atoms. The van der Waals surface area contributed by atoms with Crippen LogP contribution in [0.2, 0.25) is 5.02 Å². The second kappa shape index (κ2) is 4.80. The van der Waals surface area contributed by atoms with Crippen molar-refractivity contribution in [2.75, 3.05) is 13.6 Å². The molecule has 0 heterocycles. The molecule has 0 fully saturated rings. The highest BCUT2D eigenvalue weighted by molar-refractivity contribution is 9.10. The first kappa shape index (κ1) is 11.5. The third-order valence-electron chi connectivity index (χ3n) is 1.99. The van der Waals surface area contributed by atoms with Crippen molar-refractivity contribution in [2.45, 2.75) is 6.92 Å². The Hall–Kier alpha value is -0.540. The fourth-order valence-electron chi connectivity index (χ4n) is 0.993. The van der Waals surface area contributed by atoms with Gasteiger partial charge in [-0.3, -0.25) is 4.79 Å². The Morgan fingerprint density at radius 1 is 1.57 bits per heavy atom. The molecule has 76 valence electrons. The van der Waals surface area contributed by atoms with Gasteiger partial charge >= 0.3 is 0 Å². The predicted octanol–water partition coefficient (Wildman–Crippen LogP) is 3.19. The van der Waals surface area contributed by atoms with Gasteiger partial charge in [0.1, 0.15) is 0 Å². The van der Waals surface area contributed by atoms with Crippen LogP contribution in [0.5, 0.6) is 0 Å². The molecule has 0 bridgehead atoms. The molecule has 0 unspecified atom stereocenters. The van der Waals surface area contributed by atoms with Crippen LogP contribution < -0.4 is 0 Å². The Morgan fingerprint density at radius 2 is 2.21 bits per heavy atom. The number of benzene rings is 1. The Balaban J connectivity index is 2.97. The molecule has 0 radical (unpaired) electrons. The van der Waals surface area contributed by atoms with E-state index in [1.165, 1.54) is 0 Å². The molecule has 0 N–H and O–H groups in total. The van der Waals surface area contributed by atoms with Crippen LogP contribution in [-0.2, 0) is 0 Å². The van der Waals surface area contributed by atoms with E-state index in [4.69, 9.17) is 11.6 Å². The van der Waals surface area contributed by atoms with Gasteiger partial charge in [-0.15, -0.1) is 0 Å². The molecule has 1 aromatic rings. The van der Waals surface area contributed by atoms with Gasteiger partial charge in [-0.1, -0.05) is 11.6 Å². The average Bonchev–Trinajstić information content (AvgIpc) is 2.20. The van der Waals surface area contributed by atoms with Gasteiger partial charge in [0.25, 0.3) is 5.91 Å². The zero-order chi connectivity index (χ0) is 10.7. The number of carbonyl (C=O) groups is 1. The second-order valence-electron chi connectivity index (χ2n) is 2.95. The molecular formula is C10H11BrClNO. The number of halogens is 2. The lowest BCUT2D eigenvalue weighted by Crippen LogP contribution is -2.26. The van der Waals surface area contributed by atoms with Crippen LogP contribution >= 0.6 is 27.5 Å². The Kier molecular flexibility index (Phi) is 3.96. The SMILES string of the molecule is CCN(C)C(=O)c1ccc(Br)c(Cl)c1. The van der Waals surface area contributed by atoms with E-state index in [1.807, 2.05) is 6.92 Å². The minimum atomic E-state index is -0.0121. The van der Waals surface area contributed by atoms with E-state index in [9.17, 15) is 4.79 Å². The quantitative estimate of drug-likeness (QED) is 0.812. The highest BCUT2D eigenvalue weighted by Crippen LogP contribution is 2.23. The van der Waals surface area contributed by atoms with E-state index in [0.717, 1.165) is 4.47 Å².